The van der Waals surface area contributed by atoms with Crippen molar-refractivity contribution in [2.24, 2.45) is 7.05 Å². The molecule has 7 heteroatoms. The highest BCUT2D eigenvalue weighted by Gasteiger charge is 2.15. The molecule has 0 aliphatic heterocycles. The minimum Gasteiger partial charge on any atom is -0.444 e. The van der Waals surface area contributed by atoms with Crippen LogP contribution in [-0.2, 0) is 31.2 Å². The molecule has 0 saturated heterocycles. The molecule has 2 heterocycles. The van der Waals surface area contributed by atoms with Crippen LogP contribution >= 0.6 is 11.6 Å². The van der Waals surface area contributed by atoms with Crippen LogP contribution in [0.3, 0.4) is 0 Å². The van der Waals surface area contributed by atoms with Crippen LogP contribution < -0.4 is 10.7 Å². The van der Waals surface area contributed by atoms with Crippen molar-refractivity contribution in [1.29, 1.82) is 0 Å². The molecule has 0 unspecified atom stereocenters. The van der Waals surface area contributed by atoms with Gasteiger partial charge >= 0.3 is 0 Å². The highest BCUT2D eigenvalue weighted by Crippen LogP contribution is 2.18. The molecule has 0 radical (unpaired) electrons. The lowest BCUT2D eigenvalue weighted by atomic mass is 10.1. The molecule has 1 aromatic carbocycles. The van der Waals surface area contributed by atoms with E-state index >= 15 is 0 Å². The molecule has 3 aromatic rings. The number of nitrogens with zero attached hydrogens (tertiary/aromatic N) is 1. The number of aromatic nitrogens is 1. The van der Waals surface area contributed by atoms with Gasteiger partial charge in [-0.2, -0.15) is 0 Å². The van der Waals surface area contributed by atoms with E-state index in [4.69, 9.17) is 21.1 Å². The van der Waals surface area contributed by atoms with Crippen molar-refractivity contribution in [1.82, 2.24) is 9.88 Å². The number of halogens is 1. The SMILES string of the molecule is Cn1cc(CC(=O)NCc2ccc(Cl)cc2)c(=O)c2cc(CCCO)oc21. The minimum absolute atomic E-state index is 0.00659. The Morgan fingerprint density at radius 3 is 2.74 bits per heavy atom. The van der Waals surface area contributed by atoms with E-state index in [9.17, 15) is 9.59 Å². The summed E-state index contributed by atoms with van der Waals surface area (Å²) in [5.41, 5.74) is 1.61. The molecule has 0 fully saturated rings. The van der Waals surface area contributed by atoms with Crippen LogP contribution in [0.2, 0.25) is 5.02 Å². The Hall–Kier alpha value is -2.57. The van der Waals surface area contributed by atoms with Crippen LogP contribution in [0, 0.1) is 0 Å². The van der Waals surface area contributed by atoms with Gasteiger partial charge in [-0.3, -0.25) is 9.59 Å². The molecule has 6 nitrogen and oxygen atoms in total. The first-order valence-electron chi connectivity index (χ1n) is 8.71. The fourth-order valence-electron chi connectivity index (χ4n) is 2.92. The first-order valence-corrected chi connectivity index (χ1v) is 9.08. The number of hydrogen-bond acceptors (Lipinski definition) is 4. The van der Waals surface area contributed by atoms with Gasteiger partial charge in [-0.25, -0.2) is 0 Å². The van der Waals surface area contributed by atoms with Crippen molar-refractivity contribution in [2.75, 3.05) is 6.61 Å². The maximum absolute atomic E-state index is 12.7. The molecule has 1 amide bonds. The summed E-state index contributed by atoms with van der Waals surface area (Å²) < 4.78 is 7.41. The van der Waals surface area contributed by atoms with E-state index in [-0.39, 0.29) is 24.4 Å². The largest absolute Gasteiger partial charge is 0.444 e. The van der Waals surface area contributed by atoms with Gasteiger partial charge in [0.25, 0.3) is 0 Å². The predicted molar refractivity (Wildman–Crippen MR) is 104 cm³/mol. The second-order valence-electron chi connectivity index (χ2n) is 6.43. The Morgan fingerprint density at radius 2 is 2.04 bits per heavy atom. The molecular weight excluding hydrogens is 368 g/mol. The fraction of sp³-hybridized carbons (Fsp3) is 0.300. The normalized spacial score (nSPS) is 11.1. The van der Waals surface area contributed by atoms with Crippen LogP contribution in [-0.4, -0.2) is 22.2 Å². The first-order chi connectivity index (χ1) is 13.0. The highest BCUT2D eigenvalue weighted by atomic mass is 35.5. The number of carbonyl (C=O) groups excluding carboxylic acids is 1. The van der Waals surface area contributed by atoms with Gasteiger partial charge in [-0.15, -0.1) is 0 Å². The van der Waals surface area contributed by atoms with Gasteiger partial charge in [0.15, 0.2) is 5.43 Å². The van der Waals surface area contributed by atoms with Gasteiger partial charge in [0.2, 0.25) is 11.6 Å². The van der Waals surface area contributed by atoms with Crippen molar-refractivity contribution in [3.63, 3.8) is 0 Å². The first kappa shape index (κ1) is 19.2. The zero-order valence-corrected chi connectivity index (χ0v) is 15.8. The van der Waals surface area contributed by atoms with Gasteiger partial charge in [-0.05, 0) is 30.2 Å². The Bertz CT molecular complexity index is 1010. The topological polar surface area (TPSA) is 84.5 Å². The molecular formula is C20H21ClN2O4. The molecule has 3 rings (SSSR count). The maximum atomic E-state index is 12.7. The average molecular weight is 389 g/mol. The van der Waals surface area contributed by atoms with Gasteiger partial charge < -0.3 is 19.4 Å². The van der Waals surface area contributed by atoms with E-state index in [1.165, 1.54) is 0 Å². The summed E-state index contributed by atoms with van der Waals surface area (Å²) in [6.45, 7) is 0.433. The van der Waals surface area contributed by atoms with E-state index in [0.717, 1.165) is 5.56 Å². The number of nitrogens with one attached hydrogen (secondary N) is 1. The number of amides is 1. The van der Waals surface area contributed by atoms with Crippen LogP contribution in [0.5, 0.6) is 0 Å². The number of furan rings is 1. The molecule has 0 saturated carbocycles. The van der Waals surface area contributed by atoms with E-state index in [1.54, 1.807) is 36.0 Å². The fourth-order valence-corrected chi connectivity index (χ4v) is 3.05. The summed E-state index contributed by atoms with van der Waals surface area (Å²) in [6, 6.07) is 8.91. The predicted octanol–water partition coefficient (Wildman–Crippen LogP) is 2.57. The highest BCUT2D eigenvalue weighted by molar-refractivity contribution is 6.30. The smallest absolute Gasteiger partial charge is 0.224 e. The number of rotatable bonds is 7. The molecule has 0 atom stereocenters. The third kappa shape index (κ3) is 4.59. The monoisotopic (exact) mass is 388 g/mol. The molecule has 0 aliphatic carbocycles. The number of pyridine rings is 1. The zero-order valence-electron chi connectivity index (χ0n) is 15.0. The number of aliphatic hydroxyl groups excluding tert-OH is 1. The number of carbonyl (C=O) groups is 1. The number of fused-ring (bicyclic) bond motifs is 1. The van der Waals surface area contributed by atoms with Crippen LogP contribution in [0.4, 0.5) is 0 Å². The van der Waals surface area contributed by atoms with Gasteiger partial charge in [-0.1, -0.05) is 23.7 Å². The second-order valence-corrected chi connectivity index (χ2v) is 6.87. The summed E-state index contributed by atoms with van der Waals surface area (Å²) in [6.07, 6.45) is 2.75. The quantitative estimate of drug-likeness (QED) is 0.651. The molecule has 2 N–H and O–H groups in total. The van der Waals surface area contributed by atoms with E-state index in [0.29, 0.717) is 46.8 Å². The van der Waals surface area contributed by atoms with Crippen LogP contribution in [0.15, 0.2) is 45.7 Å². The van der Waals surface area contributed by atoms with E-state index < -0.39 is 0 Å². The zero-order chi connectivity index (χ0) is 19.4. The second kappa shape index (κ2) is 8.41. The molecule has 0 aliphatic rings. The summed E-state index contributed by atoms with van der Waals surface area (Å²) in [4.78, 5) is 25.0. The van der Waals surface area contributed by atoms with Crippen molar-refractivity contribution in [3.05, 3.63) is 68.7 Å². The van der Waals surface area contributed by atoms with Crippen molar-refractivity contribution in [2.45, 2.75) is 25.8 Å². The molecule has 27 heavy (non-hydrogen) atoms. The third-order valence-electron chi connectivity index (χ3n) is 4.30. The Labute approximate surface area is 161 Å². The van der Waals surface area contributed by atoms with E-state index in [2.05, 4.69) is 5.32 Å². The molecule has 142 valence electrons. The Morgan fingerprint density at radius 1 is 1.30 bits per heavy atom. The standard InChI is InChI=1S/C20H21ClN2O4/c1-23-12-14(9-18(25)22-11-13-4-6-15(21)7-5-13)19(26)17-10-16(3-2-8-24)27-20(17)23/h4-7,10,12,24H,2-3,8-9,11H2,1H3,(H,22,25). The average Bonchev–Trinajstić information content (AvgIpc) is 3.09. The van der Waals surface area contributed by atoms with Crippen molar-refractivity contribution < 1.29 is 14.3 Å². The lowest BCUT2D eigenvalue weighted by molar-refractivity contribution is -0.120. The Balaban J connectivity index is 1.73. The van der Waals surface area contributed by atoms with Gasteiger partial charge in [0, 0.05) is 43.4 Å². The number of hydrogen-bond donors (Lipinski definition) is 2. The number of benzene rings is 1. The number of aliphatic hydroxyl groups is 1. The minimum atomic E-state index is -0.231. The molecule has 0 bridgehead atoms. The maximum Gasteiger partial charge on any atom is 0.224 e. The lowest BCUT2D eigenvalue weighted by Crippen LogP contribution is -2.27. The van der Waals surface area contributed by atoms with Crippen LogP contribution in [0.25, 0.3) is 11.1 Å². The lowest BCUT2D eigenvalue weighted by Gasteiger charge is -2.07. The van der Waals surface area contributed by atoms with Gasteiger partial charge in [0.05, 0.1) is 11.8 Å². The summed E-state index contributed by atoms with van der Waals surface area (Å²) in [7, 11) is 1.77. The summed E-state index contributed by atoms with van der Waals surface area (Å²) in [5, 5.41) is 12.8. The third-order valence-corrected chi connectivity index (χ3v) is 4.56. The van der Waals surface area contributed by atoms with E-state index in [1.807, 2.05) is 12.1 Å². The van der Waals surface area contributed by atoms with Crippen molar-refractivity contribution >= 4 is 28.6 Å². The Kier molecular flexibility index (Phi) is 5.98. The summed E-state index contributed by atoms with van der Waals surface area (Å²) in [5.74, 6) is 0.418. The van der Waals surface area contributed by atoms with Crippen LogP contribution in [0.1, 0.15) is 23.3 Å². The summed E-state index contributed by atoms with van der Waals surface area (Å²) >= 11 is 5.85. The molecule has 2 aromatic heterocycles. The van der Waals surface area contributed by atoms with Gasteiger partial charge in [0.1, 0.15) is 5.76 Å². The number of aryl methyl sites for hydroxylation is 2. The van der Waals surface area contributed by atoms with Crippen molar-refractivity contribution in [3.8, 4) is 0 Å². The molecule has 0 spiro atoms.